The molecule has 6 heteroatoms. The first-order valence-electron chi connectivity index (χ1n) is 8.96. The molecule has 3 aromatic rings. The van der Waals surface area contributed by atoms with Gasteiger partial charge in [-0.2, -0.15) is 0 Å². The topological polar surface area (TPSA) is 63.9 Å². The first-order chi connectivity index (χ1) is 13.0. The van der Waals surface area contributed by atoms with Gasteiger partial charge in [0.1, 0.15) is 5.65 Å². The predicted molar refractivity (Wildman–Crippen MR) is 103 cm³/mol. The molecule has 140 valence electrons. The van der Waals surface area contributed by atoms with E-state index < -0.39 is 0 Å². The molecule has 0 fully saturated rings. The van der Waals surface area contributed by atoms with Crippen LogP contribution in [0.15, 0.2) is 59.5 Å². The summed E-state index contributed by atoms with van der Waals surface area (Å²) in [5, 5.41) is 0. The van der Waals surface area contributed by atoms with Gasteiger partial charge >= 0.3 is 5.97 Å². The van der Waals surface area contributed by atoms with E-state index in [2.05, 4.69) is 4.98 Å². The number of hydrogen-bond acceptors (Lipinski definition) is 5. The van der Waals surface area contributed by atoms with Crippen molar-refractivity contribution in [1.29, 1.82) is 0 Å². The molecule has 1 aromatic carbocycles. The monoisotopic (exact) mass is 365 g/mol. The van der Waals surface area contributed by atoms with Crippen LogP contribution < -0.4 is 5.56 Å². The standard InChI is InChI=1S/C21H23N3O3/c1-3-27-21(26)15-23(13-17-7-5-4-6-8-17)14-18-11-20(25)24-12-16(2)9-10-19(24)22-18/h4-12H,3,13-15H2,1-2H3. The molecule has 0 bridgehead atoms. The number of nitrogens with zero attached hydrogens (tertiary/aromatic N) is 3. The lowest BCUT2D eigenvalue weighted by molar-refractivity contribution is -0.144. The first kappa shape index (κ1) is 18.8. The van der Waals surface area contributed by atoms with Gasteiger partial charge in [-0.1, -0.05) is 36.4 Å². The van der Waals surface area contributed by atoms with Crippen LogP contribution in [0.25, 0.3) is 5.65 Å². The third-order valence-corrected chi connectivity index (χ3v) is 4.15. The van der Waals surface area contributed by atoms with Crippen LogP contribution in [0.3, 0.4) is 0 Å². The number of aryl methyl sites for hydroxylation is 1. The van der Waals surface area contributed by atoms with Crippen LogP contribution in [0, 0.1) is 6.92 Å². The molecule has 2 heterocycles. The van der Waals surface area contributed by atoms with Crippen LogP contribution in [0.4, 0.5) is 0 Å². The van der Waals surface area contributed by atoms with Gasteiger partial charge in [0.25, 0.3) is 5.56 Å². The zero-order valence-corrected chi connectivity index (χ0v) is 15.6. The van der Waals surface area contributed by atoms with Gasteiger partial charge in [-0.25, -0.2) is 4.98 Å². The second-order valence-electron chi connectivity index (χ2n) is 6.46. The van der Waals surface area contributed by atoms with Crippen molar-refractivity contribution in [2.75, 3.05) is 13.2 Å². The Labute approximate surface area is 158 Å². The third kappa shape index (κ3) is 5.01. The van der Waals surface area contributed by atoms with Gasteiger partial charge in [0.15, 0.2) is 0 Å². The summed E-state index contributed by atoms with van der Waals surface area (Å²) < 4.78 is 6.62. The summed E-state index contributed by atoms with van der Waals surface area (Å²) in [7, 11) is 0. The molecule has 0 saturated heterocycles. The maximum Gasteiger partial charge on any atom is 0.320 e. The summed E-state index contributed by atoms with van der Waals surface area (Å²) in [6.45, 7) is 5.14. The molecule has 0 aliphatic carbocycles. The second kappa shape index (κ2) is 8.60. The summed E-state index contributed by atoms with van der Waals surface area (Å²) in [5.74, 6) is -0.290. The Morgan fingerprint density at radius 2 is 1.93 bits per heavy atom. The molecule has 0 atom stereocenters. The Morgan fingerprint density at radius 1 is 1.15 bits per heavy atom. The Balaban J connectivity index is 1.86. The first-order valence-corrected chi connectivity index (χ1v) is 8.96. The molecule has 0 spiro atoms. The number of hydrogen-bond donors (Lipinski definition) is 0. The molecule has 0 aliphatic rings. The molecule has 2 aromatic heterocycles. The second-order valence-corrected chi connectivity index (χ2v) is 6.46. The molecular weight excluding hydrogens is 342 g/mol. The highest BCUT2D eigenvalue weighted by Gasteiger charge is 2.14. The number of carbonyl (C=O) groups excluding carboxylic acids is 1. The van der Waals surface area contributed by atoms with Crippen LogP contribution >= 0.6 is 0 Å². The number of benzene rings is 1. The number of ether oxygens (including phenoxy) is 1. The van der Waals surface area contributed by atoms with E-state index >= 15 is 0 Å². The lowest BCUT2D eigenvalue weighted by Crippen LogP contribution is -2.31. The highest BCUT2D eigenvalue weighted by atomic mass is 16.5. The van der Waals surface area contributed by atoms with E-state index in [1.54, 1.807) is 13.1 Å². The summed E-state index contributed by atoms with van der Waals surface area (Å²) in [4.78, 5) is 30.9. The number of aromatic nitrogens is 2. The largest absolute Gasteiger partial charge is 0.465 e. The van der Waals surface area contributed by atoms with Gasteiger partial charge in [-0.15, -0.1) is 0 Å². The minimum atomic E-state index is -0.290. The molecular formula is C21H23N3O3. The van der Waals surface area contributed by atoms with E-state index in [0.717, 1.165) is 11.1 Å². The van der Waals surface area contributed by atoms with Crippen LogP contribution in [-0.4, -0.2) is 33.4 Å². The van der Waals surface area contributed by atoms with E-state index in [4.69, 9.17) is 4.74 Å². The lowest BCUT2D eigenvalue weighted by Gasteiger charge is -2.21. The normalized spacial score (nSPS) is 11.1. The fourth-order valence-electron chi connectivity index (χ4n) is 2.97. The van der Waals surface area contributed by atoms with Crippen molar-refractivity contribution >= 4 is 11.6 Å². The zero-order chi connectivity index (χ0) is 19.2. The molecule has 0 N–H and O–H groups in total. The van der Waals surface area contributed by atoms with Crippen LogP contribution in [0.1, 0.15) is 23.7 Å². The Morgan fingerprint density at radius 3 is 2.67 bits per heavy atom. The minimum absolute atomic E-state index is 0.130. The van der Waals surface area contributed by atoms with Crippen molar-refractivity contribution < 1.29 is 9.53 Å². The van der Waals surface area contributed by atoms with Crippen molar-refractivity contribution in [3.05, 3.63) is 81.9 Å². The lowest BCUT2D eigenvalue weighted by atomic mass is 10.2. The molecule has 0 radical (unpaired) electrons. The summed E-state index contributed by atoms with van der Waals surface area (Å²) in [5.41, 5.74) is 3.17. The third-order valence-electron chi connectivity index (χ3n) is 4.15. The molecule has 0 aliphatic heterocycles. The average Bonchev–Trinajstić information content (AvgIpc) is 2.63. The molecule has 27 heavy (non-hydrogen) atoms. The average molecular weight is 365 g/mol. The molecule has 6 nitrogen and oxygen atoms in total. The van der Waals surface area contributed by atoms with E-state index in [-0.39, 0.29) is 18.1 Å². The predicted octanol–water partition coefficient (Wildman–Crippen LogP) is 2.57. The van der Waals surface area contributed by atoms with Gasteiger partial charge in [-0.05, 0) is 31.0 Å². The Kier molecular flexibility index (Phi) is 5.98. The number of carbonyl (C=O) groups is 1. The molecule has 0 amide bonds. The van der Waals surface area contributed by atoms with Gasteiger partial charge in [0.05, 0.1) is 18.8 Å². The smallest absolute Gasteiger partial charge is 0.320 e. The van der Waals surface area contributed by atoms with Crippen molar-refractivity contribution in [3.63, 3.8) is 0 Å². The summed E-state index contributed by atoms with van der Waals surface area (Å²) in [6.07, 6.45) is 1.77. The number of pyridine rings is 1. The number of fused-ring (bicyclic) bond motifs is 1. The maximum atomic E-state index is 12.4. The van der Waals surface area contributed by atoms with Crippen molar-refractivity contribution in [2.45, 2.75) is 26.9 Å². The van der Waals surface area contributed by atoms with Crippen molar-refractivity contribution in [1.82, 2.24) is 14.3 Å². The number of rotatable bonds is 7. The Hall–Kier alpha value is -2.99. The van der Waals surface area contributed by atoms with E-state index in [1.807, 2.05) is 54.3 Å². The van der Waals surface area contributed by atoms with Crippen molar-refractivity contribution in [3.8, 4) is 0 Å². The molecule has 0 unspecified atom stereocenters. The van der Waals surface area contributed by atoms with Crippen LogP contribution in [-0.2, 0) is 22.6 Å². The SMILES string of the molecule is CCOC(=O)CN(Cc1ccccc1)Cc1cc(=O)n2cc(C)ccc2n1. The highest BCUT2D eigenvalue weighted by Crippen LogP contribution is 2.10. The van der Waals surface area contributed by atoms with Gasteiger partial charge < -0.3 is 4.74 Å². The molecule has 3 rings (SSSR count). The maximum absolute atomic E-state index is 12.4. The Bertz CT molecular complexity index is 983. The van der Waals surface area contributed by atoms with Gasteiger partial charge in [0, 0.05) is 25.4 Å². The summed E-state index contributed by atoms with van der Waals surface area (Å²) in [6, 6.07) is 15.1. The van der Waals surface area contributed by atoms with E-state index in [0.29, 0.717) is 31.0 Å². The summed E-state index contributed by atoms with van der Waals surface area (Å²) >= 11 is 0. The molecule has 0 saturated carbocycles. The van der Waals surface area contributed by atoms with E-state index in [9.17, 15) is 9.59 Å². The highest BCUT2D eigenvalue weighted by molar-refractivity contribution is 5.71. The van der Waals surface area contributed by atoms with Crippen molar-refractivity contribution in [2.24, 2.45) is 0 Å². The van der Waals surface area contributed by atoms with E-state index in [1.165, 1.54) is 10.5 Å². The van der Waals surface area contributed by atoms with Crippen LogP contribution in [0.5, 0.6) is 0 Å². The number of esters is 1. The van der Waals surface area contributed by atoms with Gasteiger partial charge in [0.2, 0.25) is 0 Å². The quantitative estimate of drug-likeness (QED) is 0.602. The fraction of sp³-hybridized carbons (Fsp3) is 0.286. The van der Waals surface area contributed by atoms with Crippen LogP contribution in [0.2, 0.25) is 0 Å². The minimum Gasteiger partial charge on any atom is -0.465 e. The van der Waals surface area contributed by atoms with Gasteiger partial charge in [-0.3, -0.25) is 18.9 Å². The zero-order valence-electron chi connectivity index (χ0n) is 15.6. The fourth-order valence-corrected chi connectivity index (χ4v) is 2.97.